The van der Waals surface area contributed by atoms with Crippen molar-refractivity contribution >= 4 is 33.8 Å². The van der Waals surface area contributed by atoms with E-state index in [1.54, 1.807) is 11.3 Å². The molecule has 0 atom stereocenters. The van der Waals surface area contributed by atoms with Crippen molar-refractivity contribution in [3.8, 4) is 0 Å². The molecule has 0 amide bonds. The molecule has 0 aliphatic heterocycles. The summed E-state index contributed by atoms with van der Waals surface area (Å²) in [6, 6.07) is 20.4. The summed E-state index contributed by atoms with van der Waals surface area (Å²) in [6.07, 6.45) is 1.50. The summed E-state index contributed by atoms with van der Waals surface area (Å²) in [6.45, 7) is 4.02. The third-order valence-corrected chi connectivity index (χ3v) is 5.67. The minimum Gasteiger partial charge on any atom is -0.393 e. The van der Waals surface area contributed by atoms with E-state index in [-0.39, 0.29) is 6.04 Å². The Kier molecular flexibility index (Phi) is 5.39. The van der Waals surface area contributed by atoms with E-state index >= 15 is 0 Å². The van der Waals surface area contributed by atoms with E-state index < -0.39 is 0 Å². The molecule has 4 N–H and O–H groups in total. The van der Waals surface area contributed by atoms with Gasteiger partial charge in [-0.25, -0.2) is 15.0 Å². The maximum Gasteiger partial charge on any atom is 0.188 e. The highest BCUT2D eigenvalue weighted by Gasteiger charge is 2.18. The standard InChI is InChI=1S/C22H22N6S/c1-14-15(2)29-22(26-14)28-21-18(23)20(24-13-25-21)27-19(16-9-5-3-6-10-16)17-11-7-4-8-12-17/h3-13,19H,23H2,1-2H3,(H2,24,25,26,27,28). The van der Waals surface area contributed by atoms with Gasteiger partial charge in [0.1, 0.15) is 12.0 Å². The Labute approximate surface area is 173 Å². The molecule has 6 nitrogen and oxygen atoms in total. The average molecular weight is 403 g/mol. The molecule has 0 fully saturated rings. The van der Waals surface area contributed by atoms with Gasteiger partial charge >= 0.3 is 0 Å². The fourth-order valence-electron chi connectivity index (χ4n) is 3.02. The zero-order valence-corrected chi connectivity index (χ0v) is 17.1. The molecule has 0 saturated carbocycles. The van der Waals surface area contributed by atoms with Crippen molar-refractivity contribution in [3.63, 3.8) is 0 Å². The maximum atomic E-state index is 6.41. The molecule has 146 valence electrons. The predicted molar refractivity (Wildman–Crippen MR) is 120 cm³/mol. The van der Waals surface area contributed by atoms with Crippen LogP contribution in [-0.4, -0.2) is 15.0 Å². The molecule has 0 unspecified atom stereocenters. The van der Waals surface area contributed by atoms with Gasteiger partial charge in [0, 0.05) is 4.88 Å². The molecule has 7 heteroatoms. The number of aryl methyl sites for hydroxylation is 2. The lowest BCUT2D eigenvalue weighted by molar-refractivity contribution is 0.924. The van der Waals surface area contributed by atoms with E-state index in [0.717, 1.165) is 26.8 Å². The summed E-state index contributed by atoms with van der Waals surface area (Å²) >= 11 is 1.57. The third kappa shape index (κ3) is 4.20. The normalized spacial score (nSPS) is 10.9. The molecular formula is C22H22N6S. The van der Waals surface area contributed by atoms with Crippen LogP contribution in [-0.2, 0) is 0 Å². The first kappa shape index (κ1) is 18.9. The van der Waals surface area contributed by atoms with E-state index in [1.165, 1.54) is 6.33 Å². The summed E-state index contributed by atoms with van der Waals surface area (Å²) in [5.41, 5.74) is 10.1. The lowest BCUT2D eigenvalue weighted by Crippen LogP contribution is -2.15. The lowest BCUT2D eigenvalue weighted by Gasteiger charge is -2.21. The third-order valence-electron chi connectivity index (χ3n) is 4.68. The minimum atomic E-state index is -0.0909. The molecule has 4 rings (SSSR count). The van der Waals surface area contributed by atoms with Crippen LogP contribution in [0.1, 0.15) is 27.7 Å². The molecule has 29 heavy (non-hydrogen) atoms. The van der Waals surface area contributed by atoms with Crippen molar-refractivity contribution in [3.05, 3.63) is 88.7 Å². The number of nitrogens with two attached hydrogens (primary N) is 1. The smallest absolute Gasteiger partial charge is 0.188 e. The van der Waals surface area contributed by atoms with Gasteiger partial charge < -0.3 is 16.4 Å². The SMILES string of the molecule is Cc1nc(Nc2ncnc(NC(c3ccccc3)c3ccccc3)c2N)sc1C. The lowest BCUT2D eigenvalue weighted by atomic mass is 9.99. The second-order valence-electron chi connectivity index (χ2n) is 6.67. The molecule has 0 saturated heterocycles. The van der Waals surface area contributed by atoms with E-state index in [0.29, 0.717) is 17.3 Å². The Balaban J connectivity index is 1.66. The Bertz CT molecular complexity index is 1040. The van der Waals surface area contributed by atoms with Crippen molar-refractivity contribution in [1.29, 1.82) is 0 Å². The quantitative estimate of drug-likeness (QED) is 0.417. The van der Waals surface area contributed by atoms with Gasteiger partial charge in [-0.3, -0.25) is 0 Å². The Morgan fingerprint density at radius 3 is 2.00 bits per heavy atom. The first-order valence-corrected chi connectivity index (χ1v) is 10.1. The second-order valence-corrected chi connectivity index (χ2v) is 7.87. The molecule has 0 aliphatic carbocycles. The van der Waals surface area contributed by atoms with Crippen molar-refractivity contribution in [2.45, 2.75) is 19.9 Å². The molecule has 0 spiro atoms. The second kappa shape index (κ2) is 8.28. The number of hydrogen-bond donors (Lipinski definition) is 3. The number of rotatable bonds is 6. The molecule has 4 aromatic rings. The summed E-state index contributed by atoms with van der Waals surface area (Å²) in [4.78, 5) is 14.4. The van der Waals surface area contributed by atoms with Crippen molar-refractivity contribution in [2.24, 2.45) is 0 Å². The zero-order valence-electron chi connectivity index (χ0n) is 16.3. The molecule has 0 bridgehead atoms. The summed E-state index contributed by atoms with van der Waals surface area (Å²) in [5.74, 6) is 1.11. The Morgan fingerprint density at radius 2 is 1.45 bits per heavy atom. The van der Waals surface area contributed by atoms with Gasteiger partial charge in [0.25, 0.3) is 0 Å². The van der Waals surface area contributed by atoms with Crippen molar-refractivity contribution < 1.29 is 0 Å². The highest BCUT2D eigenvalue weighted by Crippen LogP contribution is 2.32. The van der Waals surface area contributed by atoms with E-state index in [2.05, 4.69) is 49.9 Å². The van der Waals surface area contributed by atoms with Gasteiger partial charge in [0.05, 0.1) is 11.7 Å². The number of nitrogen functional groups attached to an aromatic ring is 1. The molecule has 0 radical (unpaired) electrons. The van der Waals surface area contributed by atoms with Gasteiger partial charge in [-0.2, -0.15) is 0 Å². The van der Waals surface area contributed by atoms with E-state index in [1.807, 2.05) is 50.2 Å². The van der Waals surface area contributed by atoms with Crippen LogP contribution in [0.25, 0.3) is 0 Å². The van der Waals surface area contributed by atoms with Crippen LogP contribution >= 0.6 is 11.3 Å². The predicted octanol–water partition coefficient (Wildman–Crippen LogP) is 5.08. The van der Waals surface area contributed by atoms with Crippen LogP contribution in [0.15, 0.2) is 67.0 Å². The Hall–Kier alpha value is -3.45. The van der Waals surface area contributed by atoms with Gasteiger partial charge in [0.2, 0.25) is 0 Å². The van der Waals surface area contributed by atoms with Crippen LogP contribution in [0.4, 0.5) is 22.5 Å². The number of nitrogens with zero attached hydrogens (tertiary/aromatic N) is 3. The maximum absolute atomic E-state index is 6.41. The summed E-state index contributed by atoms with van der Waals surface area (Å²) < 4.78 is 0. The zero-order chi connectivity index (χ0) is 20.2. The fraction of sp³-hybridized carbons (Fsp3) is 0.136. The number of anilines is 4. The molecule has 2 aromatic carbocycles. The highest BCUT2D eigenvalue weighted by atomic mass is 32.1. The van der Waals surface area contributed by atoms with Crippen molar-refractivity contribution in [1.82, 2.24) is 15.0 Å². The van der Waals surface area contributed by atoms with E-state index in [4.69, 9.17) is 5.73 Å². The number of thiazole rings is 1. The van der Waals surface area contributed by atoms with Crippen LogP contribution < -0.4 is 16.4 Å². The Morgan fingerprint density at radius 1 is 0.862 bits per heavy atom. The largest absolute Gasteiger partial charge is 0.393 e. The number of benzene rings is 2. The van der Waals surface area contributed by atoms with Gasteiger partial charge in [-0.15, -0.1) is 11.3 Å². The van der Waals surface area contributed by atoms with Crippen LogP contribution in [0.2, 0.25) is 0 Å². The van der Waals surface area contributed by atoms with Gasteiger partial charge in [0.15, 0.2) is 16.8 Å². The molecule has 2 heterocycles. The first-order chi connectivity index (χ1) is 14.1. The monoisotopic (exact) mass is 402 g/mol. The summed E-state index contributed by atoms with van der Waals surface area (Å²) in [5, 5.41) is 7.47. The molecule has 2 aromatic heterocycles. The molecular weight excluding hydrogens is 380 g/mol. The number of hydrogen-bond acceptors (Lipinski definition) is 7. The molecule has 0 aliphatic rings. The minimum absolute atomic E-state index is 0.0909. The summed E-state index contributed by atoms with van der Waals surface area (Å²) in [7, 11) is 0. The van der Waals surface area contributed by atoms with Gasteiger partial charge in [-0.1, -0.05) is 60.7 Å². The van der Waals surface area contributed by atoms with Crippen LogP contribution in [0, 0.1) is 13.8 Å². The average Bonchev–Trinajstić information content (AvgIpc) is 3.07. The fourth-order valence-corrected chi connectivity index (χ4v) is 3.84. The van der Waals surface area contributed by atoms with Crippen LogP contribution in [0.5, 0.6) is 0 Å². The van der Waals surface area contributed by atoms with E-state index in [9.17, 15) is 0 Å². The first-order valence-electron chi connectivity index (χ1n) is 9.30. The highest BCUT2D eigenvalue weighted by molar-refractivity contribution is 7.15. The topological polar surface area (TPSA) is 88.8 Å². The number of aromatic nitrogens is 3. The van der Waals surface area contributed by atoms with Gasteiger partial charge in [-0.05, 0) is 25.0 Å². The van der Waals surface area contributed by atoms with Crippen LogP contribution in [0.3, 0.4) is 0 Å². The number of nitrogens with one attached hydrogen (secondary N) is 2. The van der Waals surface area contributed by atoms with Crippen molar-refractivity contribution in [2.75, 3.05) is 16.4 Å².